The van der Waals surface area contributed by atoms with E-state index in [2.05, 4.69) is 27.3 Å². The SMILES string of the molecule is COC(=O)c1cnc(CC(=O)S)nc1. The minimum absolute atomic E-state index is 0.0462. The van der Waals surface area contributed by atoms with Gasteiger partial charge >= 0.3 is 5.97 Å². The number of hydrogen-bond donors (Lipinski definition) is 1. The summed E-state index contributed by atoms with van der Waals surface area (Å²) in [6.07, 6.45) is 2.67. The first kappa shape index (κ1) is 10.6. The van der Waals surface area contributed by atoms with Crippen LogP contribution in [0, 0.1) is 0 Å². The summed E-state index contributed by atoms with van der Waals surface area (Å²) in [5.74, 6) is -0.175. The number of carbonyl (C=O) groups excluding carboxylic acids is 2. The summed E-state index contributed by atoms with van der Waals surface area (Å²) >= 11 is 3.58. The normalized spacial score (nSPS) is 9.57. The number of ether oxygens (including phenoxy) is 1. The Morgan fingerprint density at radius 3 is 2.43 bits per heavy atom. The Labute approximate surface area is 85.9 Å². The molecular formula is C8H8N2O3S. The first-order chi connectivity index (χ1) is 6.63. The number of aromatic nitrogens is 2. The summed E-state index contributed by atoms with van der Waals surface area (Å²) in [4.78, 5) is 29.2. The minimum atomic E-state index is -0.506. The van der Waals surface area contributed by atoms with Crippen molar-refractivity contribution in [1.82, 2.24) is 9.97 Å². The zero-order valence-corrected chi connectivity index (χ0v) is 8.32. The molecular weight excluding hydrogens is 204 g/mol. The van der Waals surface area contributed by atoms with Crippen LogP contribution < -0.4 is 0 Å². The Bertz CT molecular complexity index is 350. The highest BCUT2D eigenvalue weighted by Crippen LogP contribution is 1.99. The lowest BCUT2D eigenvalue weighted by Gasteiger charge is -1.98. The van der Waals surface area contributed by atoms with E-state index < -0.39 is 5.97 Å². The summed E-state index contributed by atoms with van der Waals surface area (Å²) in [6, 6.07) is 0. The molecule has 14 heavy (non-hydrogen) atoms. The van der Waals surface area contributed by atoms with Gasteiger partial charge < -0.3 is 4.74 Å². The van der Waals surface area contributed by atoms with E-state index in [4.69, 9.17) is 0 Å². The fourth-order valence-corrected chi connectivity index (χ4v) is 0.946. The van der Waals surface area contributed by atoms with Gasteiger partial charge in [0.05, 0.1) is 19.1 Å². The van der Waals surface area contributed by atoms with Crippen LogP contribution in [0.4, 0.5) is 0 Å². The van der Waals surface area contributed by atoms with Gasteiger partial charge in [0.1, 0.15) is 5.82 Å². The number of carbonyl (C=O) groups is 2. The van der Waals surface area contributed by atoms with Gasteiger partial charge in [0.25, 0.3) is 0 Å². The van der Waals surface area contributed by atoms with E-state index in [1.165, 1.54) is 19.5 Å². The molecule has 0 aliphatic heterocycles. The van der Waals surface area contributed by atoms with Gasteiger partial charge in [0.2, 0.25) is 0 Å². The molecule has 0 fully saturated rings. The molecule has 6 heteroatoms. The molecule has 1 aromatic heterocycles. The van der Waals surface area contributed by atoms with E-state index in [-0.39, 0.29) is 17.1 Å². The van der Waals surface area contributed by atoms with E-state index >= 15 is 0 Å². The topological polar surface area (TPSA) is 69.2 Å². The quantitative estimate of drug-likeness (QED) is 0.575. The van der Waals surface area contributed by atoms with Crippen LogP contribution in [0.2, 0.25) is 0 Å². The Morgan fingerprint density at radius 2 is 2.00 bits per heavy atom. The van der Waals surface area contributed by atoms with Crippen LogP contribution in [0.25, 0.3) is 0 Å². The van der Waals surface area contributed by atoms with Gasteiger partial charge in [-0.3, -0.25) is 4.79 Å². The fourth-order valence-electron chi connectivity index (χ4n) is 0.805. The predicted octanol–water partition coefficient (Wildman–Crippen LogP) is 0.262. The van der Waals surface area contributed by atoms with Crippen LogP contribution in [0.1, 0.15) is 16.2 Å². The molecule has 1 aromatic rings. The lowest BCUT2D eigenvalue weighted by Crippen LogP contribution is -2.06. The lowest BCUT2D eigenvalue weighted by atomic mass is 10.3. The number of rotatable bonds is 3. The maximum absolute atomic E-state index is 11.0. The van der Waals surface area contributed by atoms with Crippen LogP contribution in [0.15, 0.2) is 12.4 Å². The van der Waals surface area contributed by atoms with Crippen LogP contribution in [-0.2, 0) is 16.0 Å². The van der Waals surface area contributed by atoms with Gasteiger partial charge in [-0.1, -0.05) is 0 Å². The van der Waals surface area contributed by atoms with Gasteiger partial charge in [0, 0.05) is 12.4 Å². The molecule has 0 aliphatic carbocycles. The smallest absolute Gasteiger partial charge is 0.341 e. The molecule has 5 nitrogen and oxygen atoms in total. The largest absolute Gasteiger partial charge is 0.465 e. The van der Waals surface area contributed by atoms with Crippen molar-refractivity contribution in [3.05, 3.63) is 23.8 Å². The zero-order valence-electron chi connectivity index (χ0n) is 7.43. The summed E-state index contributed by atoms with van der Waals surface area (Å²) in [6.45, 7) is 0. The molecule has 0 N–H and O–H groups in total. The Balaban J connectivity index is 2.78. The third-order valence-electron chi connectivity index (χ3n) is 1.44. The van der Waals surface area contributed by atoms with Crippen molar-refractivity contribution in [1.29, 1.82) is 0 Å². The van der Waals surface area contributed by atoms with E-state index in [0.29, 0.717) is 5.82 Å². The second-order valence-corrected chi connectivity index (χ2v) is 2.95. The Morgan fingerprint density at radius 1 is 1.43 bits per heavy atom. The van der Waals surface area contributed by atoms with Gasteiger partial charge in [-0.15, -0.1) is 12.6 Å². The third kappa shape index (κ3) is 2.81. The molecule has 74 valence electrons. The number of thiol groups is 1. The second kappa shape index (κ2) is 4.71. The molecule has 0 aliphatic rings. The average molecular weight is 212 g/mol. The fraction of sp³-hybridized carbons (Fsp3) is 0.250. The molecule has 1 heterocycles. The summed E-state index contributed by atoms with van der Waals surface area (Å²) < 4.78 is 4.46. The van der Waals surface area contributed by atoms with Crippen molar-refractivity contribution in [2.45, 2.75) is 6.42 Å². The molecule has 0 atom stereocenters. The highest BCUT2D eigenvalue weighted by molar-refractivity contribution is 7.96. The first-order valence-electron chi connectivity index (χ1n) is 3.74. The van der Waals surface area contributed by atoms with E-state index in [9.17, 15) is 9.59 Å². The van der Waals surface area contributed by atoms with Gasteiger partial charge in [-0.05, 0) is 0 Å². The van der Waals surface area contributed by atoms with Crippen molar-refractivity contribution < 1.29 is 14.3 Å². The number of hydrogen-bond acceptors (Lipinski definition) is 5. The van der Waals surface area contributed by atoms with Crippen molar-refractivity contribution in [2.75, 3.05) is 7.11 Å². The minimum Gasteiger partial charge on any atom is -0.465 e. The summed E-state index contributed by atoms with van der Waals surface area (Å²) in [7, 11) is 1.27. The van der Waals surface area contributed by atoms with Crippen molar-refractivity contribution >= 4 is 23.7 Å². The molecule has 0 bridgehead atoms. The van der Waals surface area contributed by atoms with Gasteiger partial charge in [-0.2, -0.15) is 0 Å². The molecule has 0 saturated heterocycles. The van der Waals surface area contributed by atoms with E-state index in [0.717, 1.165) is 0 Å². The molecule has 0 unspecified atom stereocenters. The molecule has 0 spiro atoms. The Kier molecular flexibility index (Phi) is 3.58. The molecule has 1 rings (SSSR count). The van der Waals surface area contributed by atoms with Crippen LogP contribution in [-0.4, -0.2) is 28.2 Å². The standard InChI is InChI=1S/C8H8N2O3S/c1-13-8(12)5-3-9-6(10-4-5)2-7(11)14/h3-4H,2H2,1H3,(H,11,14). The van der Waals surface area contributed by atoms with E-state index in [1.807, 2.05) is 0 Å². The first-order valence-corrected chi connectivity index (χ1v) is 4.19. The third-order valence-corrected chi connectivity index (χ3v) is 1.59. The highest BCUT2D eigenvalue weighted by Gasteiger charge is 2.07. The zero-order chi connectivity index (χ0) is 10.6. The predicted molar refractivity (Wildman–Crippen MR) is 51.1 cm³/mol. The summed E-state index contributed by atoms with van der Waals surface area (Å²) in [5, 5.41) is -0.323. The number of nitrogens with zero attached hydrogens (tertiary/aromatic N) is 2. The van der Waals surface area contributed by atoms with Crippen molar-refractivity contribution in [2.24, 2.45) is 0 Å². The van der Waals surface area contributed by atoms with Crippen LogP contribution in [0.3, 0.4) is 0 Å². The maximum Gasteiger partial charge on any atom is 0.341 e. The molecule has 0 radical (unpaired) electrons. The van der Waals surface area contributed by atoms with Gasteiger partial charge in [0.15, 0.2) is 5.12 Å². The lowest BCUT2D eigenvalue weighted by molar-refractivity contribution is -0.110. The second-order valence-electron chi connectivity index (χ2n) is 2.45. The maximum atomic E-state index is 11.0. The van der Waals surface area contributed by atoms with Crippen LogP contribution >= 0.6 is 12.6 Å². The van der Waals surface area contributed by atoms with Crippen LogP contribution in [0.5, 0.6) is 0 Å². The van der Waals surface area contributed by atoms with E-state index in [1.54, 1.807) is 0 Å². The number of esters is 1. The average Bonchev–Trinajstić information content (AvgIpc) is 2.17. The molecule has 0 aromatic carbocycles. The number of methoxy groups -OCH3 is 1. The molecule has 0 saturated carbocycles. The van der Waals surface area contributed by atoms with Crippen molar-refractivity contribution in [3.8, 4) is 0 Å². The monoisotopic (exact) mass is 212 g/mol. The summed E-state index contributed by atoms with van der Waals surface area (Å²) in [5.41, 5.74) is 0.253. The van der Waals surface area contributed by atoms with Gasteiger partial charge in [-0.25, -0.2) is 14.8 Å². The highest BCUT2D eigenvalue weighted by atomic mass is 32.1. The molecule has 0 amide bonds. The Hall–Kier alpha value is -1.43. The van der Waals surface area contributed by atoms with Crippen molar-refractivity contribution in [3.63, 3.8) is 0 Å².